The first-order valence-electron chi connectivity index (χ1n) is 6.42. The number of nitrogens with zero attached hydrogens (tertiary/aromatic N) is 4. The van der Waals surface area contributed by atoms with E-state index < -0.39 is 10.8 Å². The maximum atomic E-state index is 11.1. The summed E-state index contributed by atoms with van der Waals surface area (Å²) >= 11 is 0. The van der Waals surface area contributed by atoms with Crippen molar-refractivity contribution < 1.29 is 4.21 Å². The quantitative estimate of drug-likeness (QED) is 0.840. The van der Waals surface area contributed by atoms with E-state index in [1.165, 1.54) is 0 Å². The molecule has 2 aromatic rings. The Morgan fingerprint density at radius 1 is 1.30 bits per heavy atom. The molecule has 2 rings (SSSR count). The third-order valence-corrected chi connectivity index (χ3v) is 4.05. The van der Waals surface area contributed by atoms with E-state index in [0.717, 1.165) is 28.8 Å². The molecular formula is C13H19N5OS. The van der Waals surface area contributed by atoms with Gasteiger partial charge in [0.25, 0.3) is 0 Å². The highest BCUT2D eigenvalue weighted by Crippen LogP contribution is 2.25. The molecule has 0 aliphatic rings. The van der Waals surface area contributed by atoms with Crippen LogP contribution in [0.1, 0.15) is 17.5 Å². The third kappa shape index (κ3) is 3.22. The first kappa shape index (κ1) is 14.6. The topological polar surface area (TPSA) is 86.7 Å². The van der Waals surface area contributed by atoms with Gasteiger partial charge in [-0.05, 0) is 47.9 Å². The van der Waals surface area contributed by atoms with Gasteiger partial charge in [-0.15, -0.1) is 5.10 Å². The van der Waals surface area contributed by atoms with Crippen LogP contribution in [0.2, 0.25) is 0 Å². The van der Waals surface area contributed by atoms with Crippen molar-refractivity contribution in [2.45, 2.75) is 26.8 Å². The second kappa shape index (κ2) is 6.13. The number of tetrazole rings is 1. The molecule has 0 fully saturated rings. The summed E-state index contributed by atoms with van der Waals surface area (Å²) in [6.45, 7) is 4.64. The number of hydrogen-bond donors (Lipinski definition) is 1. The largest absolute Gasteiger partial charge is 0.398 e. The summed E-state index contributed by atoms with van der Waals surface area (Å²) in [5.74, 6) is 1.35. The summed E-state index contributed by atoms with van der Waals surface area (Å²) in [5, 5.41) is 11.8. The zero-order valence-corrected chi connectivity index (χ0v) is 12.8. The molecule has 1 unspecified atom stereocenters. The van der Waals surface area contributed by atoms with Gasteiger partial charge in [0, 0.05) is 40.6 Å². The van der Waals surface area contributed by atoms with Crippen molar-refractivity contribution in [2.75, 3.05) is 17.7 Å². The molecule has 20 heavy (non-hydrogen) atoms. The van der Waals surface area contributed by atoms with Crippen molar-refractivity contribution in [1.29, 1.82) is 0 Å². The highest BCUT2D eigenvalue weighted by molar-refractivity contribution is 7.84. The number of nitrogen functional groups attached to an aromatic ring is 1. The molecule has 0 bridgehead atoms. The van der Waals surface area contributed by atoms with Crippen molar-refractivity contribution in [3.8, 4) is 11.4 Å². The number of hydrogen-bond acceptors (Lipinski definition) is 5. The van der Waals surface area contributed by atoms with Gasteiger partial charge in [-0.3, -0.25) is 4.21 Å². The Labute approximate surface area is 120 Å². The van der Waals surface area contributed by atoms with Gasteiger partial charge in [0.1, 0.15) is 0 Å². The highest BCUT2D eigenvalue weighted by atomic mass is 32.2. The summed E-state index contributed by atoms with van der Waals surface area (Å²) < 4.78 is 12.8. The van der Waals surface area contributed by atoms with Gasteiger partial charge in [-0.25, -0.2) is 4.68 Å². The van der Waals surface area contributed by atoms with E-state index in [1.54, 1.807) is 10.9 Å². The zero-order valence-electron chi connectivity index (χ0n) is 12.0. The average molecular weight is 293 g/mol. The van der Waals surface area contributed by atoms with Crippen LogP contribution in [0.5, 0.6) is 0 Å². The van der Waals surface area contributed by atoms with Crippen LogP contribution < -0.4 is 5.73 Å². The molecule has 0 saturated carbocycles. The third-order valence-electron chi connectivity index (χ3n) is 3.19. The first-order valence-corrected chi connectivity index (χ1v) is 8.15. The van der Waals surface area contributed by atoms with Gasteiger partial charge in [0.2, 0.25) is 0 Å². The van der Waals surface area contributed by atoms with Crippen LogP contribution in [0, 0.1) is 13.8 Å². The Hall–Kier alpha value is -1.76. The molecule has 108 valence electrons. The fourth-order valence-corrected chi connectivity index (χ4v) is 2.61. The Kier molecular flexibility index (Phi) is 4.49. The molecule has 0 amide bonds. The molecule has 0 spiro atoms. The van der Waals surface area contributed by atoms with Gasteiger partial charge < -0.3 is 5.73 Å². The molecule has 6 nitrogen and oxygen atoms in total. The minimum absolute atomic E-state index is 0.647. The van der Waals surface area contributed by atoms with E-state index in [2.05, 4.69) is 15.5 Å². The van der Waals surface area contributed by atoms with Crippen molar-refractivity contribution in [1.82, 2.24) is 20.2 Å². The van der Waals surface area contributed by atoms with E-state index in [0.29, 0.717) is 18.1 Å². The predicted octanol–water partition coefficient (Wildman–Crippen LogP) is 1.31. The number of benzene rings is 1. The second-order valence-corrected chi connectivity index (χ2v) is 6.43. The standard InChI is InChI=1S/C13H19N5OS/c1-9-7-10(2)12(14)8-11(9)13-15-16-17-18(13)5-4-6-20(3)19/h7-8H,4-6,14H2,1-3H3. The Morgan fingerprint density at radius 2 is 2.05 bits per heavy atom. The number of rotatable bonds is 5. The second-order valence-electron chi connectivity index (χ2n) is 4.88. The molecule has 0 saturated heterocycles. The van der Waals surface area contributed by atoms with Crippen molar-refractivity contribution in [3.05, 3.63) is 23.3 Å². The van der Waals surface area contributed by atoms with Crippen LogP contribution in [0.3, 0.4) is 0 Å². The molecule has 1 heterocycles. The average Bonchev–Trinajstić information content (AvgIpc) is 2.81. The van der Waals surface area contributed by atoms with E-state index in [-0.39, 0.29) is 0 Å². The van der Waals surface area contributed by atoms with Crippen LogP contribution >= 0.6 is 0 Å². The lowest BCUT2D eigenvalue weighted by Gasteiger charge is -2.09. The fraction of sp³-hybridized carbons (Fsp3) is 0.462. The number of aromatic nitrogens is 4. The van der Waals surface area contributed by atoms with Gasteiger partial charge in [0.05, 0.1) is 0 Å². The maximum Gasteiger partial charge on any atom is 0.182 e. The van der Waals surface area contributed by atoms with Gasteiger partial charge in [-0.1, -0.05) is 6.07 Å². The first-order chi connectivity index (χ1) is 9.49. The molecular weight excluding hydrogens is 274 g/mol. The summed E-state index contributed by atoms with van der Waals surface area (Å²) in [5.41, 5.74) is 9.78. The lowest BCUT2D eigenvalue weighted by atomic mass is 10.0. The van der Waals surface area contributed by atoms with Crippen LogP contribution in [0.15, 0.2) is 12.1 Å². The molecule has 1 aromatic heterocycles. The van der Waals surface area contributed by atoms with Crippen LogP contribution in [0.25, 0.3) is 11.4 Å². The van der Waals surface area contributed by atoms with Crippen molar-refractivity contribution in [3.63, 3.8) is 0 Å². The fourth-order valence-electron chi connectivity index (χ4n) is 2.08. The van der Waals surface area contributed by atoms with Crippen LogP contribution in [-0.4, -0.2) is 36.4 Å². The SMILES string of the molecule is Cc1cc(C)c(-c2nnnn2CCCS(C)=O)cc1N. The van der Waals surface area contributed by atoms with Crippen LogP contribution in [0.4, 0.5) is 5.69 Å². The Morgan fingerprint density at radius 3 is 2.75 bits per heavy atom. The molecule has 0 aliphatic heterocycles. The van der Waals surface area contributed by atoms with E-state index in [1.807, 2.05) is 26.0 Å². The zero-order chi connectivity index (χ0) is 14.7. The number of nitrogens with two attached hydrogens (primary N) is 1. The molecule has 1 atom stereocenters. The minimum atomic E-state index is -0.791. The Bertz CT molecular complexity index is 638. The summed E-state index contributed by atoms with van der Waals surface area (Å²) in [6.07, 6.45) is 2.48. The minimum Gasteiger partial charge on any atom is -0.398 e. The molecule has 0 aliphatic carbocycles. The monoisotopic (exact) mass is 293 g/mol. The summed E-state index contributed by atoms with van der Waals surface area (Å²) in [4.78, 5) is 0. The van der Waals surface area contributed by atoms with Gasteiger partial charge in [0.15, 0.2) is 5.82 Å². The Balaban J connectivity index is 2.28. The smallest absolute Gasteiger partial charge is 0.182 e. The lowest BCUT2D eigenvalue weighted by Crippen LogP contribution is -2.07. The maximum absolute atomic E-state index is 11.1. The predicted molar refractivity (Wildman–Crippen MR) is 80.7 cm³/mol. The van der Waals surface area contributed by atoms with E-state index in [9.17, 15) is 4.21 Å². The molecule has 7 heteroatoms. The molecule has 2 N–H and O–H groups in total. The molecule has 0 radical (unpaired) electrons. The van der Waals surface area contributed by atoms with E-state index in [4.69, 9.17) is 5.73 Å². The number of anilines is 1. The summed E-state index contributed by atoms with van der Waals surface area (Å²) in [6, 6.07) is 3.94. The van der Waals surface area contributed by atoms with Crippen LogP contribution in [-0.2, 0) is 17.3 Å². The van der Waals surface area contributed by atoms with Gasteiger partial charge >= 0.3 is 0 Å². The van der Waals surface area contributed by atoms with Gasteiger partial charge in [-0.2, -0.15) is 0 Å². The van der Waals surface area contributed by atoms with Crippen molar-refractivity contribution >= 4 is 16.5 Å². The highest BCUT2D eigenvalue weighted by Gasteiger charge is 2.12. The normalized spacial score (nSPS) is 12.6. The molecule has 1 aromatic carbocycles. The van der Waals surface area contributed by atoms with Crippen molar-refractivity contribution in [2.24, 2.45) is 0 Å². The number of aryl methyl sites for hydroxylation is 3. The van der Waals surface area contributed by atoms with E-state index >= 15 is 0 Å². The lowest BCUT2D eigenvalue weighted by molar-refractivity contribution is 0.583. The summed E-state index contributed by atoms with van der Waals surface area (Å²) in [7, 11) is -0.791.